The Labute approximate surface area is 144 Å². The van der Waals surface area contributed by atoms with Crippen LogP contribution in [0.1, 0.15) is 31.2 Å². The third kappa shape index (κ3) is 4.21. The van der Waals surface area contributed by atoms with Crippen molar-refractivity contribution in [3.63, 3.8) is 0 Å². The number of hydrogen-bond donors (Lipinski definition) is 2. The van der Waals surface area contributed by atoms with Crippen LogP contribution >= 0.6 is 0 Å². The number of amides is 1. The van der Waals surface area contributed by atoms with E-state index in [4.69, 9.17) is 9.63 Å². The highest BCUT2D eigenvalue weighted by molar-refractivity contribution is 5.80. The van der Waals surface area contributed by atoms with E-state index in [1.165, 1.54) is 0 Å². The second kappa shape index (κ2) is 7.43. The molecule has 1 amide bonds. The maximum absolute atomic E-state index is 11.8. The van der Waals surface area contributed by atoms with E-state index in [1.54, 1.807) is 0 Å². The van der Waals surface area contributed by atoms with Gasteiger partial charge >= 0.3 is 5.97 Å². The Hall–Kier alpha value is -2.74. The summed E-state index contributed by atoms with van der Waals surface area (Å²) in [5.74, 6) is -0.172. The Balaban J connectivity index is 1.61. The van der Waals surface area contributed by atoms with E-state index in [0.717, 1.165) is 5.56 Å². The van der Waals surface area contributed by atoms with E-state index >= 15 is 0 Å². The van der Waals surface area contributed by atoms with Crippen LogP contribution < -0.4 is 5.32 Å². The maximum atomic E-state index is 11.8. The van der Waals surface area contributed by atoms with Gasteiger partial charge in [0.15, 0.2) is 0 Å². The van der Waals surface area contributed by atoms with Crippen LogP contribution in [0.2, 0.25) is 0 Å². The molecule has 132 valence electrons. The summed E-state index contributed by atoms with van der Waals surface area (Å²) in [6.07, 6.45) is 0.465. The van der Waals surface area contributed by atoms with Gasteiger partial charge in [-0.15, -0.1) is 0 Å². The zero-order valence-corrected chi connectivity index (χ0v) is 13.9. The monoisotopic (exact) mass is 344 g/mol. The number of likely N-dealkylation sites (tertiary alicyclic amines) is 1. The molecule has 1 aromatic carbocycles. The van der Waals surface area contributed by atoms with Gasteiger partial charge in [-0.05, 0) is 13.5 Å². The van der Waals surface area contributed by atoms with E-state index in [-0.39, 0.29) is 30.8 Å². The number of likely N-dealkylation sites (N-methyl/N-ethyl adjacent to an activating group) is 1. The molecule has 2 aromatic rings. The van der Waals surface area contributed by atoms with Crippen molar-refractivity contribution in [3.05, 3.63) is 36.2 Å². The van der Waals surface area contributed by atoms with Gasteiger partial charge in [0, 0.05) is 24.6 Å². The Bertz CT molecular complexity index is 746. The van der Waals surface area contributed by atoms with Crippen molar-refractivity contribution < 1.29 is 19.2 Å². The van der Waals surface area contributed by atoms with Crippen LogP contribution in [0.15, 0.2) is 34.9 Å². The summed E-state index contributed by atoms with van der Waals surface area (Å²) in [5.41, 5.74) is 0.886. The van der Waals surface area contributed by atoms with Crippen molar-refractivity contribution in [2.45, 2.75) is 31.3 Å². The largest absolute Gasteiger partial charge is 0.481 e. The minimum absolute atomic E-state index is 0.0150. The fourth-order valence-electron chi connectivity index (χ4n) is 2.99. The molecule has 0 aliphatic carbocycles. The Morgan fingerprint density at radius 2 is 2.08 bits per heavy atom. The molecule has 1 fully saturated rings. The molecule has 8 nitrogen and oxygen atoms in total. The van der Waals surface area contributed by atoms with Crippen molar-refractivity contribution in [2.75, 3.05) is 13.6 Å². The van der Waals surface area contributed by atoms with Gasteiger partial charge in [0.25, 0.3) is 0 Å². The van der Waals surface area contributed by atoms with Crippen molar-refractivity contribution >= 4 is 11.9 Å². The summed E-state index contributed by atoms with van der Waals surface area (Å²) in [6, 6.07) is 9.44. The van der Waals surface area contributed by atoms with Gasteiger partial charge in [-0.2, -0.15) is 4.98 Å². The molecule has 2 N–H and O–H groups in total. The van der Waals surface area contributed by atoms with E-state index in [9.17, 15) is 9.59 Å². The Morgan fingerprint density at radius 3 is 2.80 bits per heavy atom. The summed E-state index contributed by atoms with van der Waals surface area (Å²) in [6.45, 7) is 0.645. The van der Waals surface area contributed by atoms with Crippen molar-refractivity contribution in [1.82, 2.24) is 20.4 Å². The van der Waals surface area contributed by atoms with Crippen LogP contribution in [0.25, 0.3) is 11.4 Å². The molecule has 1 saturated heterocycles. The third-order valence-corrected chi connectivity index (χ3v) is 4.24. The van der Waals surface area contributed by atoms with Gasteiger partial charge in [-0.3, -0.25) is 14.5 Å². The van der Waals surface area contributed by atoms with Crippen molar-refractivity contribution in [1.29, 1.82) is 0 Å². The first kappa shape index (κ1) is 17.1. The molecule has 2 heterocycles. The fraction of sp³-hybridized carbons (Fsp3) is 0.412. The first-order valence-electron chi connectivity index (χ1n) is 8.13. The molecule has 0 saturated carbocycles. The number of nitrogens with zero attached hydrogens (tertiary/aromatic N) is 3. The molecule has 8 heteroatoms. The highest BCUT2D eigenvalue weighted by Crippen LogP contribution is 2.30. The lowest BCUT2D eigenvalue weighted by atomic mass is 10.1. The number of rotatable bonds is 6. The molecular weight excluding hydrogens is 324 g/mol. The smallest absolute Gasteiger partial charge is 0.303 e. The lowest BCUT2D eigenvalue weighted by Gasteiger charge is -2.14. The number of nitrogens with one attached hydrogen (secondary N) is 1. The fourth-order valence-corrected chi connectivity index (χ4v) is 2.99. The van der Waals surface area contributed by atoms with Crippen LogP contribution in [0, 0.1) is 0 Å². The quantitative estimate of drug-likeness (QED) is 0.816. The maximum Gasteiger partial charge on any atom is 0.303 e. The minimum Gasteiger partial charge on any atom is -0.481 e. The predicted octanol–water partition coefficient (Wildman–Crippen LogP) is 1.46. The van der Waals surface area contributed by atoms with E-state index in [1.807, 2.05) is 42.3 Å². The third-order valence-electron chi connectivity index (χ3n) is 4.24. The normalized spacial score (nSPS) is 20.5. The molecule has 0 bridgehead atoms. The summed E-state index contributed by atoms with van der Waals surface area (Å²) in [7, 11) is 1.93. The number of aliphatic carboxylic acids is 1. The number of carboxylic acid groups (broad SMARTS) is 1. The molecule has 2 atom stereocenters. The summed E-state index contributed by atoms with van der Waals surface area (Å²) in [5, 5.41) is 15.5. The molecule has 1 aromatic heterocycles. The first-order chi connectivity index (χ1) is 12.0. The SMILES string of the molecule is CN1CC(NC(=O)CCC(=O)O)CC1c1nc(-c2ccccc2)no1. The number of carbonyl (C=O) groups excluding carboxylic acids is 1. The average Bonchev–Trinajstić information content (AvgIpc) is 3.20. The van der Waals surface area contributed by atoms with Gasteiger partial charge in [0.05, 0.1) is 12.5 Å². The van der Waals surface area contributed by atoms with Crippen LogP contribution in [0.5, 0.6) is 0 Å². The summed E-state index contributed by atoms with van der Waals surface area (Å²) in [4.78, 5) is 28.9. The molecule has 0 radical (unpaired) electrons. The Kier molecular flexibility index (Phi) is 5.08. The molecule has 1 aliphatic heterocycles. The van der Waals surface area contributed by atoms with Gasteiger partial charge < -0.3 is 14.9 Å². The Morgan fingerprint density at radius 1 is 1.32 bits per heavy atom. The van der Waals surface area contributed by atoms with E-state index in [2.05, 4.69) is 15.5 Å². The van der Waals surface area contributed by atoms with Crippen LogP contribution in [0.4, 0.5) is 0 Å². The number of aromatic nitrogens is 2. The zero-order valence-electron chi connectivity index (χ0n) is 13.9. The predicted molar refractivity (Wildman–Crippen MR) is 88.5 cm³/mol. The molecular formula is C17H20N4O4. The van der Waals surface area contributed by atoms with Gasteiger partial charge in [0.2, 0.25) is 17.6 Å². The standard InChI is InChI=1S/C17H20N4O4/c1-21-10-12(18-14(22)7-8-15(23)24)9-13(21)17-19-16(20-25-17)11-5-3-2-4-6-11/h2-6,12-13H,7-10H2,1H3,(H,18,22)(H,23,24). The van der Waals surface area contributed by atoms with Crippen LogP contribution in [0.3, 0.4) is 0 Å². The second-order valence-electron chi connectivity index (χ2n) is 6.17. The van der Waals surface area contributed by atoms with Gasteiger partial charge in [-0.25, -0.2) is 0 Å². The van der Waals surface area contributed by atoms with Crippen molar-refractivity contribution in [2.24, 2.45) is 0 Å². The molecule has 3 rings (SSSR count). The second-order valence-corrected chi connectivity index (χ2v) is 6.17. The molecule has 25 heavy (non-hydrogen) atoms. The van der Waals surface area contributed by atoms with Gasteiger partial charge in [0.1, 0.15) is 0 Å². The minimum atomic E-state index is -0.976. The van der Waals surface area contributed by atoms with Crippen molar-refractivity contribution in [3.8, 4) is 11.4 Å². The highest BCUT2D eigenvalue weighted by Gasteiger charge is 2.35. The summed E-state index contributed by atoms with van der Waals surface area (Å²) < 4.78 is 5.41. The molecule has 1 aliphatic rings. The highest BCUT2D eigenvalue weighted by atomic mass is 16.5. The van der Waals surface area contributed by atoms with E-state index < -0.39 is 5.97 Å². The van der Waals surface area contributed by atoms with Crippen LogP contribution in [-0.2, 0) is 9.59 Å². The lowest BCUT2D eigenvalue weighted by Crippen LogP contribution is -2.36. The number of benzene rings is 1. The number of carboxylic acids is 1. The first-order valence-corrected chi connectivity index (χ1v) is 8.13. The topological polar surface area (TPSA) is 109 Å². The zero-order chi connectivity index (χ0) is 17.8. The number of hydrogen-bond acceptors (Lipinski definition) is 6. The number of carbonyl (C=O) groups is 2. The van der Waals surface area contributed by atoms with Gasteiger partial charge in [-0.1, -0.05) is 35.5 Å². The lowest BCUT2D eigenvalue weighted by molar-refractivity contribution is -0.138. The average molecular weight is 344 g/mol. The van der Waals surface area contributed by atoms with Crippen LogP contribution in [-0.4, -0.2) is 51.7 Å². The molecule has 2 unspecified atom stereocenters. The van der Waals surface area contributed by atoms with E-state index in [0.29, 0.717) is 24.7 Å². The molecule has 0 spiro atoms. The summed E-state index contributed by atoms with van der Waals surface area (Å²) >= 11 is 0.